The van der Waals surface area contributed by atoms with E-state index in [1.807, 2.05) is 13.8 Å². The maximum Gasteiger partial charge on any atom is 0.323 e. The van der Waals surface area contributed by atoms with Crippen molar-refractivity contribution in [1.82, 2.24) is 4.90 Å². The van der Waals surface area contributed by atoms with E-state index in [1.54, 1.807) is 4.90 Å². The lowest BCUT2D eigenvalue weighted by molar-refractivity contribution is -0.177. The van der Waals surface area contributed by atoms with Crippen LogP contribution in [0.4, 0.5) is 0 Å². The Labute approximate surface area is 166 Å². The highest BCUT2D eigenvalue weighted by atomic mass is 16.6. The van der Waals surface area contributed by atoms with Crippen molar-refractivity contribution in [3.8, 4) is 0 Å². The van der Waals surface area contributed by atoms with Crippen molar-refractivity contribution in [3.05, 3.63) is 0 Å². The van der Waals surface area contributed by atoms with Crippen LogP contribution in [-0.2, 0) is 33.4 Å². The zero-order valence-electron chi connectivity index (χ0n) is 17.3. The van der Waals surface area contributed by atoms with Gasteiger partial charge in [0.25, 0.3) is 0 Å². The van der Waals surface area contributed by atoms with Gasteiger partial charge in [-0.2, -0.15) is 0 Å². The van der Waals surface area contributed by atoms with E-state index in [0.29, 0.717) is 0 Å². The number of carbonyl (C=O) groups is 4. The number of unbranched alkanes of at least 4 members (excludes halogenated alkanes) is 2. The number of rotatable bonds is 11. The number of piperidine rings is 1. The minimum Gasteiger partial charge on any atom is -0.469 e. The lowest BCUT2D eigenvalue weighted by Crippen LogP contribution is -2.51. The fraction of sp³-hybridized carbons (Fsp3) is 0.800. The Kier molecular flexibility index (Phi) is 10.6. The molecule has 1 aliphatic heterocycles. The number of esters is 3. The summed E-state index contributed by atoms with van der Waals surface area (Å²) in [5.41, 5.74) is -1.36. The lowest BCUT2D eigenvalue weighted by Gasteiger charge is -2.38. The van der Waals surface area contributed by atoms with Gasteiger partial charge in [-0.05, 0) is 25.7 Å². The zero-order valence-corrected chi connectivity index (χ0v) is 17.3. The molecule has 8 nitrogen and oxygen atoms in total. The Morgan fingerprint density at radius 2 is 1.36 bits per heavy atom. The molecule has 8 heteroatoms. The molecule has 0 N–H and O–H groups in total. The van der Waals surface area contributed by atoms with Crippen molar-refractivity contribution in [2.24, 2.45) is 5.41 Å². The van der Waals surface area contributed by atoms with Crippen molar-refractivity contribution in [3.63, 3.8) is 0 Å². The number of amides is 1. The summed E-state index contributed by atoms with van der Waals surface area (Å²) in [5, 5.41) is 0. The molecule has 28 heavy (non-hydrogen) atoms. The highest BCUT2D eigenvalue weighted by Gasteiger charge is 2.51. The van der Waals surface area contributed by atoms with Crippen LogP contribution in [0, 0.1) is 5.41 Å². The SMILES string of the molecule is CCCCOC(=O)C1(C(=O)OCCCC)CCN(C(=O)CCC(=O)OC)CC1. The third kappa shape index (κ3) is 6.80. The summed E-state index contributed by atoms with van der Waals surface area (Å²) < 4.78 is 15.2. The fourth-order valence-corrected chi connectivity index (χ4v) is 2.99. The number of hydrogen-bond donors (Lipinski definition) is 0. The first kappa shape index (κ1) is 23.9. The molecule has 0 radical (unpaired) electrons. The average Bonchev–Trinajstić information content (AvgIpc) is 2.71. The first-order chi connectivity index (χ1) is 13.4. The van der Waals surface area contributed by atoms with Crippen LogP contribution in [0.15, 0.2) is 0 Å². The first-order valence-corrected chi connectivity index (χ1v) is 10.1. The van der Waals surface area contributed by atoms with Gasteiger partial charge in [0, 0.05) is 19.5 Å². The van der Waals surface area contributed by atoms with E-state index < -0.39 is 23.3 Å². The Morgan fingerprint density at radius 1 is 0.857 bits per heavy atom. The van der Waals surface area contributed by atoms with Crippen LogP contribution in [0.3, 0.4) is 0 Å². The van der Waals surface area contributed by atoms with Crippen LogP contribution in [0.1, 0.15) is 65.2 Å². The second-order valence-electron chi connectivity index (χ2n) is 7.02. The van der Waals surface area contributed by atoms with E-state index in [0.717, 1.165) is 25.7 Å². The summed E-state index contributed by atoms with van der Waals surface area (Å²) in [6.07, 6.45) is 3.58. The molecule has 0 spiro atoms. The molecule has 0 aromatic rings. The van der Waals surface area contributed by atoms with Crippen LogP contribution >= 0.6 is 0 Å². The van der Waals surface area contributed by atoms with Crippen LogP contribution in [0.5, 0.6) is 0 Å². The second-order valence-corrected chi connectivity index (χ2v) is 7.02. The molecule has 1 saturated heterocycles. The van der Waals surface area contributed by atoms with Crippen molar-refractivity contribution >= 4 is 23.8 Å². The summed E-state index contributed by atoms with van der Waals surface area (Å²) in [5.74, 6) is -1.77. The summed E-state index contributed by atoms with van der Waals surface area (Å²) in [7, 11) is 1.27. The third-order valence-electron chi connectivity index (χ3n) is 4.98. The molecule has 1 rings (SSSR count). The van der Waals surface area contributed by atoms with Crippen LogP contribution in [0.2, 0.25) is 0 Å². The van der Waals surface area contributed by atoms with E-state index in [4.69, 9.17) is 9.47 Å². The topological polar surface area (TPSA) is 99.2 Å². The molecular weight excluding hydrogens is 366 g/mol. The molecule has 0 aliphatic carbocycles. The second kappa shape index (κ2) is 12.4. The Bertz CT molecular complexity index is 515. The van der Waals surface area contributed by atoms with Crippen molar-refractivity contribution in [1.29, 1.82) is 0 Å². The maximum atomic E-state index is 12.7. The third-order valence-corrected chi connectivity index (χ3v) is 4.98. The predicted molar refractivity (Wildman–Crippen MR) is 101 cm³/mol. The predicted octanol–water partition coefficient (Wildman–Crippen LogP) is 2.23. The van der Waals surface area contributed by atoms with Crippen LogP contribution < -0.4 is 0 Å². The number of carbonyl (C=O) groups excluding carboxylic acids is 4. The molecule has 0 aromatic carbocycles. The molecule has 0 bridgehead atoms. The van der Waals surface area contributed by atoms with Crippen molar-refractivity contribution in [2.45, 2.75) is 65.2 Å². The normalized spacial score (nSPS) is 15.6. The first-order valence-electron chi connectivity index (χ1n) is 10.1. The van der Waals surface area contributed by atoms with Gasteiger partial charge in [-0.3, -0.25) is 19.2 Å². The molecule has 1 amide bonds. The van der Waals surface area contributed by atoms with E-state index in [9.17, 15) is 19.2 Å². The highest BCUT2D eigenvalue weighted by Crippen LogP contribution is 2.35. The number of methoxy groups -OCH3 is 1. The van der Waals surface area contributed by atoms with Gasteiger partial charge in [-0.25, -0.2) is 0 Å². The molecular formula is C20H33NO7. The van der Waals surface area contributed by atoms with Gasteiger partial charge < -0.3 is 19.1 Å². The van der Waals surface area contributed by atoms with Gasteiger partial charge in [0.05, 0.1) is 26.7 Å². The van der Waals surface area contributed by atoms with Gasteiger partial charge in [0.2, 0.25) is 5.91 Å². The molecule has 1 aliphatic rings. The number of likely N-dealkylation sites (tertiary alicyclic amines) is 1. The fourth-order valence-electron chi connectivity index (χ4n) is 2.99. The summed E-state index contributed by atoms with van der Waals surface area (Å²) in [4.78, 5) is 50.5. The minimum absolute atomic E-state index is 0.00902. The molecule has 0 atom stereocenters. The molecule has 0 unspecified atom stereocenters. The number of nitrogens with zero attached hydrogens (tertiary/aromatic N) is 1. The van der Waals surface area contributed by atoms with Crippen molar-refractivity contribution in [2.75, 3.05) is 33.4 Å². The van der Waals surface area contributed by atoms with Crippen LogP contribution in [-0.4, -0.2) is 62.1 Å². The maximum absolute atomic E-state index is 12.7. The summed E-state index contributed by atoms with van der Waals surface area (Å²) in [6, 6.07) is 0. The zero-order chi connectivity index (χ0) is 21.0. The quantitative estimate of drug-likeness (QED) is 0.227. The lowest BCUT2D eigenvalue weighted by atomic mass is 9.78. The standard InChI is InChI=1S/C20H33NO7/c1-4-6-14-27-18(24)20(19(25)28-15-7-5-2)10-12-21(13-11-20)16(22)8-9-17(23)26-3/h4-15H2,1-3H3. The smallest absolute Gasteiger partial charge is 0.323 e. The average molecular weight is 399 g/mol. The van der Waals surface area contributed by atoms with Crippen LogP contribution in [0.25, 0.3) is 0 Å². The number of hydrogen-bond acceptors (Lipinski definition) is 7. The van der Waals surface area contributed by atoms with E-state index in [2.05, 4.69) is 4.74 Å². The summed E-state index contributed by atoms with van der Waals surface area (Å²) in [6.45, 7) is 4.99. The van der Waals surface area contributed by atoms with Gasteiger partial charge in [-0.1, -0.05) is 26.7 Å². The number of ether oxygens (including phenoxy) is 3. The Balaban J connectivity index is 2.74. The largest absolute Gasteiger partial charge is 0.469 e. The van der Waals surface area contributed by atoms with Gasteiger partial charge in [-0.15, -0.1) is 0 Å². The van der Waals surface area contributed by atoms with E-state index in [-0.39, 0.29) is 57.9 Å². The molecule has 160 valence electrons. The minimum atomic E-state index is -1.36. The highest BCUT2D eigenvalue weighted by molar-refractivity contribution is 6.00. The van der Waals surface area contributed by atoms with E-state index in [1.165, 1.54) is 7.11 Å². The Hall–Kier alpha value is -2.12. The Morgan fingerprint density at radius 3 is 1.79 bits per heavy atom. The summed E-state index contributed by atoms with van der Waals surface area (Å²) >= 11 is 0. The molecule has 1 fully saturated rings. The molecule has 1 heterocycles. The molecule has 0 aromatic heterocycles. The monoisotopic (exact) mass is 399 g/mol. The van der Waals surface area contributed by atoms with E-state index >= 15 is 0 Å². The van der Waals surface area contributed by atoms with Gasteiger partial charge in [0.1, 0.15) is 0 Å². The van der Waals surface area contributed by atoms with Gasteiger partial charge in [0.15, 0.2) is 5.41 Å². The van der Waals surface area contributed by atoms with Crippen molar-refractivity contribution < 1.29 is 33.4 Å². The van der Waals surface area contributed by atoms with Gasteiger partial charge >= 0.3 is 17.9 Å². The molecule has 0 saturated carbocycles.